The minimum absolute atomic E-state index is 0.375. The van der Waals surface area contributed by atoms with Gasteiger partial charge in [-0.05, 0) is 26.3 Å². The molecule has 0 spiro atoms. The zero-order valence-corrected chi connectivity index (χ0v) is 12.2. The van der Waals surface area contributed by atoms with Crippen molar-refractivity contribution in [1.82, 2.24) is 19.9 Å². The van der Waals surface area contributed by atoms with E-state index in [2.05, 4.69) is 30.1 Å². The summed E-state index contributed by atoms with van der Waals surface area (Å²) in [6, 6.07) is 1.02. The molecule has 1 N–H and O–H groups in total. The van der Waals surface area contributed by atoms with E-state index in [1.54, 1.807) is 7.11 Å². The lowest BCUT2D eigenvalue weighted by Gasteiger charge is -2.37. The molecule has 0 aromatic carbocycles. The number of ether oxygens (including phenoxy) is 1. The third-order valence-electron chi connectivity index (χ3n) is 3.99. The normalized spacial score (nSPS) is 22.7. The minimum atomic E-state index is 0.375. The van der Waals surface area contributed by atoms with Crippen molar-refractivity contribution in [3.63, 3.8) is 0 Å². The first-order chi connectivity index (χ1) is 9.80. The largest absolute Gasteiger partial charge is 0.467 e. The van der Waals surface area contributed by atoms with Gasteiger partial charge in [-0.3, -0.25) is 4.90 Å². The Morgan fingerprint density at radius 2 is 2.15 bits per heavy atom. The molecule has 2 saturated heterocycles. The summed E-state index contributed by atoms with van der Waals surface area (Å²) in [5.41, 5.74) is 0. The summed E-state index contributed by atoms with van der Waals surface area (Å²) in [6.07, 6.45) is 2.58. The molecule has 2 fully saturated rings. The standard InChI is InChI=1S/C13H22N6O/c1-3-14-11-15-12(17-13(16-11)20-2)19-8-7-18-6-4-5-10(18)9-19/h10H,3-9H2,1-2H3,(H,14,15,16,17). The number of hydrogen-bond acceptors (Lipinski definition) is 7. The first kappa shape index (κ1) is 13.4. The lowest BCUT2D eigenvalue weighted by molar-refractivity contribution is 0.229. The topological polar surface area (TPSA) is 66.4 Å². The third-order valence-corrected chi connectivity index (χ3v) is 3.99. The molecule has 0 amide bonds. The molecule has 1 aromatic rings. The monoisotopic (exact) mass is 278 g/mol. The van der Waals surface area contributed by atoms with Crippen molar-refractivity contribution in [2.24, 2.45) is 0 Å². The van der Waals surface area contributed by atoms with Gasteiger partial charge in [0.05, 0.1) is 7.11 Å². The highest BCUT2D eigenvalue weighted by atomic mass is 16.5. The second-order valence-corrected chi connectivity index (χ2v) is 5.25. The van der Waals surface area contributed by atoms with Gasteiger partial charge < -0.3 is 15.0 Å². The van der Waals surface area contributed by atoms with Crippen LogP contribution in [-0.4, -0.2) is 65.7 Å². The summed E-state index contributed by atoms with van der Waals surface area (Å²) in [5, 5.41) is 3.13. The molecule has 0 radical (unpaired) electrons. The Balaban J connectivity index is 1.79. The summed E-state index contributed by atoms with van der Waals surface area (Å²) >= 11 is 0. The highest BCUT2D eigenvalue weighted by Crippen LogP contribution is 2.24. The Morgan fingerprint density at radius 1 is 1.25 bits per heavy atom. The fourth-order valence-corrected chi connectivity index (χ4v) is 2.99. The average molecular weight is 278 g/mol. The maximum Gasteiger partial charge on any atom is 0.322 e. The Hall–Kier alpha value is -1.63. The van der Waals surface area contributed by atoms with E-state index in [4.69, 9.17) is 4.74 Å². The van der Waals surface area contributed by atoms with Gasteiger partial charge in [0.25, 0.3) is 0 Å². The van der Waals surface area contributed by atoms with Crippen LogP contribution < -0.4 is 15.0 Å². The van der Waals surface area contributed by atoms with E-state index in [1.165, 1.54) is 19.4 Å². The molecule has 1 atom stereocenters. The number of fused-ring (bicyclic) bond motifs is 1. The fraction of sp³-hybridized carbons (Fsp3) is 0.769. The molecule has 3 heterocycles. The van der Waals surface area contributed by atoms with Gasteiger partial charge in [0.1, 0.15) is 0 Å². The first-order valence-electron chi connectivity index (χ1n) is 7.33. The Morgan fingerprint density at radius 3 is 2.95 bits per heavy atom. The van der Waals surface area contributed by atoms with Crippen LogP contribution in [0, 0.1) is 0 Å². The van der Waals surface area contributed by atoms with Crippen molar-refractivity contribution in [3.8, 4) is 6.01 Å². The summed E-state index contributed by atoms with van der Waals surface area (Å²) in [6.45, 7) is 7.10. The maximum absolute atomic E-state index is 5.18. The van der Waals surface area contributed by atoms with Crippen molar-refractivity contribution < 1.29 is 4.74 Å². The molecule has 110 valence electrons. The number of anilines is 2. The van der Waals surface area contributed by atoms with Crippen molar-refractivity contribution >= 4 is 11.9 Å². The van der Waals surface area contributed by atoms with Crippen molar-refractivity contribution in [2.45, 2.75) is 25.8 Å². The van der Waals surface area contributed by atoms with Gasteiger partial charge in [-0.1, -0.05) is 0 Å². The number of nitrogens with one attached hydrogen (secondary N) is 1. The van der Waals surface area contributed by atoms with Crippen molar-refractivity contribution in [3.05, 3.63) is 0 Å². The van der Waals surface area contributed by atoms with E-state index in [1.807, 2.05) is 6.92 Å². The first-order valence-corrected chi connectivity index (χ1v) is 7.33. The van der Waals surface area contributed by atoms with E-state index in [-0.39, 0.29) is 0 Å². The number of nitrogens with zero attached hydrogens (tertiary/aromatic N) is 5. The van der Waals surface area contributed by atoms with Gasteiger partial charge in [-0.2, -0.15) is 15.0 Å². The summed E-state index contributed by atoms with van der Waals surface area (Å²) < 4.78 is 5.18. The van der Waals surface area contributed by atoms with Gasteiger partial charge >= 0.3 is 6.01 Å². The second kappa shape index (κ2) is 5.78. The Bertz CT molecular complexity index is 468. The highest BCUT2D eigenvalue weighted by Gasteiger charge is 2.31. The molecular weight excluding hydrogens is 256 g/mol. The number of hydrogen-bond donors (Lipinski definition) is 1. The van der Waals surface area contributed by atoms with Crippen LogP contribution in [0.4, 0.5) is 11.9 Å². The molecule has 0 bridgehead atoms. The van der Waals surface area contributed by atoms with Gasteiger partial charge in [0, 0.05) is 32.2 Å². The van der Waals surface area contributed by atoms with E-state index in [9.17, 15) is 0 Å². The van der Waals surface area contributed by atoms with Gasteiger partial charge in [-0.25, -0.2) is 0 Å². The molecule has 1 unspecified atom stereocenters. The van der Waals surface area contributed by atoms with Gasteiger partial charge in [0.2, 0.25) is 11.9 Å². The molecule has 3 rings (SSSR count). The van der Waals surface area contributed by atoms with Crippen LogP contribution in [0.25, 0.3) is 0 Å². The minimum Gasteiger partial charge on any atom is -0.467 e. The van der Waals surface area contributed by atoms with Crippen LogP contribution in [0.2, 0.25) is 0 Å². The van der Waals surface area contributed by atoms with Crippen LogP contribution >= 0.6 is 0 Å². The van der Waals surface area contributed by atoms with E-state index < -0.39 is 0 Å². The van der Waals surface area contributed by atoms with E-state index in [0.717, 1.165) is 32.1 Å². The Kier molecular flexibility index (Phi) is 3.86. The van der Waals surface area contributed by atoms with Crippen LogP contribution in [0.5, 0.6) is 6.01 Å². The number of aromatic nitrogens is 3. The molecule has 2 aliphatic rings. The summed E-state index contributed by atoms with van der Waals surface area (Å²) in [7, 11) is 1.59. The third kappa shape index (κ3) is 2.63. The smallest absolute Gasteiger partial charge is 0.322 e. The van der Waals surface area contributed by atoms with Crippen molar-refractivity contribution in [1.29, 1.82) is 0 Å². The second-order valence-electron chi connectivity index (χ2n) is 5.25. The molecule has 7 nitrogen and oxygen atoms in total. The predicted molar refractivity (Wildman–Crippen MR) is 77.4 cm³/mol. The quantitative estimate of drug-likeness (QED) is 0.865. The average Bonchev–Trinajstić information content (AvgIpc) is 2.94. The predicted octanol–water partition coefficient (Wildman–Crippen LogP) is 0.596. The number of methoxy groups -OCH3 is 1. The van der Waals surface area contributed by atoms with E-state index >= 15 is 0 Å². The van der Waals surface area contributed by atoms with Crippen molar-refractivity contribution in [2.75, 3.05) is 50.1 Å². The zero-order chi connectivity index (χ0) is 13.9. The fourth-order valence-electron chi connectivity index (χ4n) is 2.99. The zero-order valence-electron chi connectivity index (χ0n) is 12.2. The SMILES string of the molecule is CCNc1nc(OC)nc(N2CCN3CCCC3C2)n1. The molecule has 2 aliphatic heterocycles. The van der Waals surface area contributed by atoms with Crippen LogP contribution in [-0.2, 0) is 0 Å². The lowest BCUT2D eigenvalue weighted by Crippen LogP contribution is -2.50. The van der Waals surface area contributed by atoms with Crippen LogP contribution in [0.1, 0.15) is 19.8 Å². The molecule has 0 aliphatic carbocycles. The molecule has 7 heteroatoms. The maximum atomic E-state index is 5.18. The Labute approximate surface area is 119 Å². The lowest BCUT2D eigenvalue weighted by atomic mass is 10.2. The number of piperazine rings is 1. The highest BCUT2D eigenvalue weighted by molar-refractivity contribution is 5.39. The van der Waals surface area contributed by atoms with Crippen LogP contribution in [0.3, 0.4) is 0 Å². The van der Waals surface area contributed by atoms with E-state index in [0.29, 0.717) is 18.0 Å². The molecule has 1 aromatic heterocycles. The molecular formula is C13H22N6O. The molecule has 0 saturated carbocycles. The summed E-state index contributed by atoms with van der Waals surface area (Å²) in [4.78, 5) is 17.9. The molecule has 20 heavy (non-hydrogen) atoms. The van der Waals surface area contributed by atoms with Gasteiger partial charge in [-0.15, -0.1) is 0 Å². The van der Waals surface area contributed by atoms with Crippen LogP contribution in [0.15, 0.2) is 0 Å². The van der Waals surface area contributed by atoms with Gasteiger partial charge in [0.15, 0.2) is 0 Å². The number of rotatable bonds is 4. The summed E-state index contributed by atoms with van der Waals surface area (Å²) in [5.74, 6) is 1.31.